The number of rotatable bonds is 4. The molecule has 23 heavy (non-hydrogen) atoms. The number of para-hydroxylation sites is 2. The molecule has 2 N–H and O–H groups in total. The molecule has 1 amide bonds. The van der Waals surface area contributed by atoms with Gasteiger partial charge >= 0.3 is 0 Å². The fourth-order valence-electron chi connectivity index (χ4n) is 3.11. The molecular formula is C18H19N3OS. The Morgan fingerprint density at radius 2 is 2.22 bits per heavy atom. The first-order valence-electron chi connectivity index (χ1n) is 7.92. The summed E-state index contributed by atoms with van der Waals surface area (Å²) in [6.07, 6.45) is 0.958. The van der Waals surface area contributed by atoms with Crippen LogP contribution < -0.4 is 5.32 Å². The number of fused-ring (bicyclic) bond motifs is 1. The van der Waals surface area contributed by atoms with Gasteiger partial charge in [-0.25, -0.2) is 4.98 Å². The van der Waals surface area contributed by atoms with Crippen molar-refractivity contribution in [2.45, 2.75) is 32.2 Å². The number of thiophene rings is 1. The second-order valence-corrected chi connectivity index (χ2v) is 7.23. The smallest absolute Gasteiger partial charge is 0.224 e. The lowest BCUT2D eigenvalue weighted by Crippen LogP contribution is -2.29. The van der Waals surface area contributed by atoms with Gasteiger partial charge in [-0.05, 0) is 49.4 Å². The van der Waals surface area contributed by atoms with Crippen LogP contribution in [0.4, 0.5) is 0 Å². The third kappa shape index (κ3) is 2.65. The van der Waals surface area contributed by atoms with Crippen molar-refractivity contribution in [3.8, 4) is 0 Å². The van der Waals surface area contributed by atoms with Crippen LogP contribution in [-0.4, -0.2) is 15.9 Å². The Labute approximate surface area is 138 Å². The first-order chi connectivity index (χ1) is 11.1. The van der Waals surface area contributed by atoms with Crippen LogP contribution in [0.2, 0.25) is 0 Å². The molecule has 0 bridgehead atoms. The summed E-state index contributed by atoms with van der Waals surface area (Å²) in [5, 5.41) is 5.21. The van der Waals surface area contributed by atoms with Crippen LogP contribution in [0.15, 0.2) is 35.7 Å². The van der Waals surface area contributed by atoms with Gasteiger partial charge in [0, 0.05) is 16.7 Å². The SMILES string of the molecule is Cc1ccsc1[C@H]1C[C@H]1C(=O)N[C@@H](C)c1nc2ccccc2[nH]1. The number of imidazole rings is 1. The van der Waals surface area contributed by atoms with Gasteiger partial charge in [0.25, 0.3) is 0 Å². The molecule has 1 saturated carbocycles. The summed E-state index contributed by atoms with van der Waals surface area (Å²) in [5.74, 6) is 1.46. The van der Waals surface area contributed by atoms with E-state index in [0.717, 1.165) is 23.3 Å². The van der Waals surface area contributed by atoms with Crippen molar-refractivity contribution in [2.24, 2.45) is 5.92 Å². The molecular weight excluding hydrogens is 306 g/mol. The summed E-state index contributed by atoms with van der Waals surface area (Å²) in [4.78, 5) is 21.7. The lowest BCUT2D eigenvalue weighted by Gasteiger charge is -2.11. The Morgan fingerprint density at radius 1 is 1.39 bits per heavy atom. The van der Waals surface area contributed by atoms with E-state index in [1.54, 1.807) is 11.3 Å². The van der Waals surface area contributed by atoms with E-state index in [9.17, 15) is 4.79 Å². The molecule has 1 aromatic carbocycles. The number of aromatic nitrogens is 2. The lowest BCUT2D eigenvalue weighted by molar-refractivity contribution is -0.123. The highest BCUT2D eigenvalue weighted by atomic mass is 32.1. The molecule has 0 unspecified atom stereocenters. The van der Waals surface area contributed by atoms with Crippen LogP contribution in [0.25, 0.3) is 11.0 Å². The van der Waals surface area contributed by atoms with E-state index in [4.69, 9.17) is 0 Å². The number of aromatic amines is 1. The van der Waals surface area contributed by atoms with Gasteiger partial charge in [-0.3, -0.25) is 4.79 Å². The van der Waals surface area contributed by atoms with Crippen molar-refractivity contribution >= 4 is 28.3 Å². The highest BCUT2D eigenvalue weighted by Gasteiger charge is 2.45. The maximum Gasteiger partial charge on any atom is 0.224 e. The Balaban J connectivity index is 1.44. The van der Waals surface area contributed by atoms with Crippen LogP contribution >= 0.6 is 11.3 Å². The Kier molecular flexibility index (Phi) is 3.45. The maximum atomic E-state index is 12.5. The highest BCUT2D eigenvalue weighted by molar-refractivity contribution is 7.10. The first-order valence-corrected chi connectivity index (χ1v) is 8.80. The number of nitrogens with zero attached hydrogens (tertiary/aromatic N) is 1. The molecule has 5 heteroatoms. The lowest BCUT2D eigenvalue weighted by atomic mass is 10.2. The Morgan fingerprint density at radius 3 is 2.96 bits per heavy atom. The average Bonchev–Trinajstić information content (AvgIpc) is 3.01. The number of carbonyl (C=O) groups is 1. The molecule has 2 heterocycles. The standard InChI is InChI=1S/C18H19N3OS/c1-10-7-8-23-16(10)12-9-13(12)18(22)19-11(2)17-20-14-5-3-4-6-15(14)21-17/h3-8,11-13H,9H2,1-2H3,(H,19,22)(H,20,21)/t11-,12-,13+/m0/s1. The summed E-state index contributed by atoms with van der Waals surface area (Å²) in [6.45, 7) is 4.10. The number of nitrogens with one attached hydrogen (secondary N) is 2. The molecule has 0 saturated heterocycles. The number of H-pyrrole nitrogens is 1. The number of aryl methyl sites for hydroxylation is 1. The molecule has 3 atom stereocenters. The van der Waals surface area contributed by atoms with E-state index in [1.807, 2.05) is 31.2 Å². The first kappa shape index (κ1) is 14.5. The van der Waals surface area contributed by atoms with Crippen LogP contribution in [0.1, 0.15) is 41.6 Å². The number of benzene rings is 1. The molecule has 3 aromatic rings. The van der Waals surface area contributed by atoms with Gasteiger partial charge in [-0.2, -0.15) is 0 Å². The highest BCUT2D eigenvalue weighted by Crippen LogP contribution is 2.50. The van der Waals surface area contributed by atoms with Crippen molar-refractivity contribution in [3.05, 3.63) is 52.0 Å². The van der Waals surface area contributed by atoms with Gasteiger partial charge in [-0.15, -0.1) is 11.3 Å². The summed E-state index contributed by atoms with van der Waals surface area (Å²) < 4.78 is 0. The van der Waals surface area contributed by atoms with Crippen molar-refractivity contribution in [2.75, 3.05) is 0 Å². The molecule has 0 aliphatic heterocycles. The maximum absolute atomic E-state index is 12.5. The van der Waals surface area contributed by atoms with E-state index in [1.165, 1.54) is 10.4 Å². The van der Waals surface area contributed by atoms with Gasteiger partial charge in [0.05, 0.1) is 17.1 Å². The van der Waals surface area contributed by atoms with Crippen molar-refractivity contribution < 1.29 is 4.79 Å². The molecule has 0 spiro atoms. The largest absolute Gasteiger partial charge is 0.346 e. The van der Waals surface area contributed by atoms with Crippen LogP contribution in [0.3, 0.4) is 0 Å². The van der Waals surface area contributed by atoms with Gasteiger partial charge in [0.1, 0.15) is 5.82 Å². The minimum atomic E-state index is -0.111. The third-order valence-corrected chi connectivity index (χ3v) is 5.69. The van der Waals surface area contributed by atoms with Gasteiger partial charge in [0.15, 0.2) is 0 Å². The zero-order valence-electron chi connectivity index (χ0n) is 13.2. The summed E-state index contributed by atoms with van der Waals surface area (Å²) in [5.41, 5.74) is 3.24. The van der Waals surface area contributed by atoms with E-state index < -0.39 is 0 Å². The predicted molar refractivity (Wildman–Crippen MR) is 92.6 cm³/mol. The number of hydrogen-bond donors (Lipinski definition) is 2. The normalized spacial score (nSPS) is 21.3. The van der Waals surface area contributed by atoms with Gasteiger partial charge in [-0.1, -0.05) is 12.1 Å². The molecule has 118 valence electrons. The number of amides is 1. The second kappa shape index (κ2) is 5.49. The van der Waals surface area contributed by atoms with Crippen molar-refractivity contribution in [1.82, 2.24) is 15.3 Å². The second-order valence-electron chi connectivity index (χ2n) is 6.29. The van der Waals surface area contributed by atoms with Gasteiger partial charge in [0.2, 0.25) is 5.91 Å². The minimum absolute atomic E-state index is 0.110. The predicted octanol–water partition coefficient (Wildman–Crippen LogP) is 3.91. The van der Waals surface area contributed by atoms with E-state index in [2.05, 4.69) is 33.7 Å². The molecule has 1 aliphatic rings. The van der Waals surface area contributed by atoms with E-state index in [0.29, 0.717) is 5.92 Å². The Hall–Kier alpha value is -2.14. The van der Waals surface area contributed by atoms with Crippen molar-refractivity contribution in [1.29, 1.82) is 0 Å². The zero-order chi connectivity index (χ0) is 16.0. The topological polar surface area (TPSA) is 57.8 Å². The molecule has 4 nitrogen and oxygen atoms in total. The number of carbonyl (C=O) groups excluding carboxylic acids is 1. The molecule has 4 rings (SSSR count). The fourth-order valence-corrected chi connectivity index (χ4v) is 4.21. The summed E-state index contributed by atoms with van der Waals surface area (Å²) in [7, 11) is 0. The molecule has 1 fully saturated rings. The van der Waals surface area contributed by atoms with Crippen molar-refractivity contribution in [3.63, 3.8) is 0 Å². The zero-order valence-corrected chi connectivity index (χ0v) is 14.0. The number of hydrogen-bond acceptors (Lipinski definition) is 3. The molecule has 2 aromatic heterocycles. The Bertz CT molecular complexity index is 833. The summed E-state index contributed by atoms with van der Waals surface area (Å²) in [6, 6.07) is 9.93. The van der Waals surface area contributed by atoms with Crippen LogP contribution in [-0.2, 0) is 4.79 Å². The van der Waals surface area contributed by atoms with E-state index in [-0.39, 0.29) is 17.9 Å². The summed E-state index contributed by atoms with van der Waals surface area (Å²) >= 11 is 1.76. The van der Waals surface area contributed by atoms with Crippen LogP contribution in [0, 0.1) is 12.8 Å². The minimum Gasteiger partial charge on any atom is -0.346 e. The quantitative estimate of drug-likeness (QED) is 0.764. The van der Waals surface area contributed by atoms with Crippen LogP contribution in [0.5, 0.6) is 0 Å². The van der Waals surface area contributed by atoms with E-state index >= 15 is 0 Å². The molecule has 0 radical (unpaired) electrons. The fraction of sp³-hybridized carbons (Fsp3) is 0.333. The molecule has 1 aliphatic carbocycles. The monoisotopic (exact) mass is 325 g/mol. The third-order valence-electron chi connectivity index (χ3n) is 4.54. The average molecular weight is 325 g/mol. The van der Waals surface area contributed by atoms with Gasteiger partial charge < -0.3 is 10.3 Å².